The molecule has 4 nitrogen and oxygen atoms in total. The Kier molecular flexibility index (Phi) is 2.23. The maximum Gasteiger partial charge on any atom is 0.331 e. The summed E-state index contributed by atoms with van der Waals surface area (Å²) in [6, 6.07) is 12.3. The average Bonchev–Trinajstić information content (AvgIpc) is 2.68. The van der Waals surface area contributed by atoms with Crippen LogP contribution >= 0.6 is 0 Å². The van der Waals surface area contributed by atoms with Crippen LogP contribution in [0.25, 0.3) is 16.7 Å². The number of para-hydroxylation sites is 1. The maximum atomic E-state index is 12.0. The number of hydrogen-bond donors (Lipinski definition) is 2. The second-order valence-corrected chi connectivity index (χ2v) is 4.25. The van der Waals surface area contributed by atoms with Gasteiger partial charge in [-0.1, -0.05) is 12.1 Å². The van der Waals surface area contributed by atoms with E-state index in [1.807, 2.05) is 25.1 Å². The fourth-order valence-electron chi connectivity index (χ4n) is 2.18. The summed E-state index contributed by atoms with van der Waals surface area (Å²) in [5, 5.41) is 9.30. The van der Waals surface area contributed by atoms with Crippen molar-refractivity contribution in [3.05, 3.63) is 58.5 Å². The fraction of sp³-hybridized carbons (Fsp3) is 0.0714. The van der Waals surface area contributed by atoms with Gasteiger partial charge in [0.05, 0.1) is 16.7 Å². The Bertz CT molecular complexity index is 767. The number of nitrogens with one attached hydrogen (secondary N) is 1. The largest absolute Gasteiger partial charge is 0.508 e. The minimum atomic E-state index is -0.176. The summed E-state index contributed by atoms with van der Waals surface area (Å²) in [5.41, 5.74) is 3.27. The van der Waals surface area contributed by atoms with E-state index in [-0.39, 0.29) is 11.4 Å². The van der Waals surface area contributed by atoms with E-state index in [4.69, 9.17) is 0 Å². The first kappa shape index (κ1) is 10.7. The Morgan fingerprint density at radius 2 is 1.83 bits per heavy atom. The average molecular weight is 240 g/mol. The molecule has 0 radical (unpaired) electrons. The van der Waals surface area contributed by atoms with E-state index in [1.54, 1.807) is 28.8 Å². The number of fused-ring (bicyclic) bond motifs is 1. The molecule has 90 valence electrons. The van der Waals surface area contributed by atoms with Gasteiger partial charge in [-0.25, -0.2) is 4.79 Å². The van der Waals surface area contributed by atoms with Crippen LogP contribution in [0.1, 0.15) is 5.56 Å². The molecule has 0 amide bonds. The van der Waals surface area contributed by atoms with Gasteiger partial charge in [0.15, 0.2) is 0 Å². The Labute approximate surface area is 103 Å². The van der Waals surface area contributed by atoms with Crippen LogP contribution in [0, 0.1) is 6.92 Å². The van der Waals surface area contributed by atoms with Gasteiger partial charge in [0.25, 0.3) is 0 Å². The Balaban J connectivity index is 2.38. The highest BCUT2D eigenvalue weighted by Gasteiger charge is 2.10. The third-order valence-corrected chi connectivity index (χ3v) is 3.01. The molecule has 0 saturated carbocycles. The van der Waals surface area contributed by atoms with E-state index in [0.29, 0.717) is 0 Å². The normalized spacial score (nSPS) is 10.9. The van der Waals surface area contributed by atoms with Crippen molar-refractivity contribution >= 4 is 11.0 Å². The smallest absolute Gasteiger partial charge is 0.331 e. The number of aromatic hydroxyl groups is 1. The van der Waals surface area contributed by atoms with Gasteiger partial charge in [-0.2, -0.15) is 0 Å². The van der Waals surface area contributed by atoms with Crippen LogP contribution in [-0.4, -0.2) is 14.7 Å². The molecule has 18 heavy (non-hydrogen) atoms. The summed E-state index contributed by atoms with van der Waals surface area (Å²) in [7, 11) is 0. The highest BCUT2D eigenvalue weighted by Crippen LogP contribution is 2.20. The zero-order chi connectivity index (χ0) is 12.7. The monoisotopic (exact) mass is 240 g/mol. The third-order valence-electron chi connectivity index (χ3n) is 3.01. The van der Waals surface area contributed by atoms with Crippen LogP contribution in [0.4, 0.5) is 0 Å². The van der Waals surface area contributed by atoms with E-state index in [2.05, 4.69) is 4.98 Å². The molecule has 0 fully saturated rings. The second kappa shape index (κ2) is 3.77. The van der Waals surface area contributed by atoms with E-state index in [1.165, 1.54) is 0 Å². The quantitative estimate of drug-likeness (QED) is 0.685. The van der Waals surface area contributed by atoms with Gasteiger partial charge in [0.1, 0.15) is 5.75 Å². The van der Waals surface area contributed by atoms with Crippen molar-refractivity contribution in [3.8, 4) is 11.4 Å². The number of hydrogen-bond acceptors (Lipinski definition) is 2. The van der Waals surface area contributed by atoms with Crippen molar-refractivity contribution < 1.29 is 5.11 Å². The molecule has 1 heterocycles. The number of phenols is 1. The predicted octanol–water partition coefficient (Wildman–Crippen LogP) is 2.33. The standard InChI is InChI=1S/C14H12N2O2/c1-9-3-2-4-12-13(9)16(14(18)15-12)10-5-7-11(17)8-6-10/h2-8,17H,1H3,(H,15,18). The van der Waals surface area contributed by atoms with Crippen LogP contribution in [0.3, 0.4) is 0 Å². The SMILES string of the molecule is Cc1cccc2[nH]c(=O)n(-c3ccc(O)cc3)c12. The molecule has 0 unspecified atom stereocenters. The van der Waals surface area contributed by atoms with Gasteiger partial charge in [-0.3, -0.25) is 4.57 Å². The maximum absolute atomic E-state index is 12.0. The fourth-order valence-corrected chi connectivity index (χ4v) is 2.18. The van der Waals surface area contributed by atoms with Gasteiger partial charge in [-0.05, 0) is 42.8 Å². The topological polar surface area (TPSA) is 58.0 Å². The first-order valence-corrected chi connectivity index (χ1v) is 5.66. The molecule has 3 aromatic rings. The van der Waals surface area contributed by atoms with Crippen molar-refractivity contribution in [2.24, 2.45) is 0 Å². The summed E-state index contributed by atoms with van der Waals surface area (Å²) in [4.78, 5) is 14.8. The minimum absolute atomic E-state index is 0.176. The Morgan fingerprint density at radius 1 is 1.11 bits per heavy atom. The lowest BCUT2D eigenvalue weighted by atomic mass is 10.2. The summed E-state index contributed by atoms with van der Waals surface area (Å²) in [6.07, 6.45) is 0. The van der Waals surface area contributed by atoms with Gasteiger partial charge < -0.3 is 10.1 Å². The van der Waals surface area contributed by atoms with Crippen LogP contribution in [0.15, 0.2) is 47.3 Å². The predicted molar refractivity (Wildman–Crippen MR) is 70.3 cm³/mol. The lowest BCUT2D eigenvalue weighted by molar-refractivity contribution is 0.475. The molecule has 2 aromatic carbocycles. The molecule has 4 heteroatoms. The summed E-state index contributed by atoms with van der Waals surface area (Å²) in [6.45, 7) is 1.96. The zero-order valence-corrected chi connectivity index (χ0v) is 9.84. The Hall–Kier alpha value is -2.49. The van der Waals surface area contributed by atoms with Crippen molar-refractivity contribution in [2.45, 2.75) is 6.92 Å². The number of rotatable bonds is 1. The molecule has 0 bridgehead atoms. The highest BCUT2D eigenvalue weighted by atomic mass is 16.3. The first-order chi connectivity index (χ1) is 8.66. The number of benzene rings is 2. The number of aromatic amines is 1. The van der Waals surface area contributed by atoms with Crippen molar-refractivity contribution in [3.63, 3.8) is 0 Å². The number of H-pyrrole nitrogens is 1. The Morgan fingerprint density at radius 3 is 2.56 bits per heavy atom. The number of imidazole rings is 1. The number of phenolic OH excluding ortho intramolecular Hbond substituents is 1. The molecule has 0 aliphatic carbocycles. The van der Waals surface area contributed by atoms with E-state index in [0.717, 1.165) is 22.3 Å². The number of nitrogens with zero attached hydrogens (tertiary/aromatic N) is 1. The minimum Gasteiger partial charge on any atom is -0.508 e. The van der Waals surface area contributed by atoms with E-state index >= 15 is 0 Å². The molecule has 0 saturated heterocycles. The van der Waals surface area contributed by atoms with E-state index < -0.39 is 0 Å². The highest BCUT2D eigenvalue weighted by molar-refractivity contribution is 5.80. The molecule has 3 rings (SSSR count). The molecule has 0 aliphatic rings. The van der Waals surface area contributed by atoms with Gasteiger partial charge >= 0.3 is 5.69 Å². The molecule has 1 aromatic heterocycles. The summed E-state index contributed by atoms with van der Waals surface area (Å²) >= 11 is 0. The number of aryl methyl sites for hydroxylation is 1. The summed E-state index contributed by atoms with van der Waals surface area (Å²) in [5.74, 6) is 0.184. The molecule has 0 aliphatic heterocycles. The lowest BCUT2D eigenvalue weighted by Crippen LogP contribution is -2.14. The van der Waals surface area contributed by atoms with E-state index in [9.17, 15) is 9.90 Å². The summed E-state index contributed by atoms with van der Waals surface area (Å²) < 4.78 is 1.62. The number of aromatic nitrogens is 2. The lowest BCUT2D eigenvalue weighted by Gasteiger charge is -2.05. The molecular formula is C14H12N2O2. The van der Waals surface area contributed by atoms with Gasteiger partial charge in [0.2, 0.25) is 0 Å². The van der Waals surface area contributed by atoms with Crippen LogP contribution in [-0.2, 0) is 0 Å². The van der Waals surface area contributed by atoms with Crippen molar-refractivity contribution in [1.29, 1.82) is 0 Å². The van der Waals surface area contributed by atoms with Crippen LogP contribution in [0.2, 0.25) is 0 Å². The van der Waals surface area contributed by atoms with Gasteiger partial charge in [0, 0.05) is 0 Å². The third kappa shape index (κ3) is 1.50. The van der Waals surface area contributed by atoms with Crippen molar-refractivity contribution in [1.82, 2.24) is 9.55 Å². The molecule has 2 N–H and O–H groups in total. The molecular weight excluding hydrogens is 228 g/mol. The molecule has 0 spiro atoms. The first-order valence-electron chi connectivity index (χ1n) is 5.66. The zero-order valence-electron chi connectivity index (χ0n) is 9.84. The van der Waals surface area contributed by atoms with Gasteiger partial charge in [-0.15, -0.1) is 0 Å². The van der Waals surface area contributed by atoms with Crippen LogP contribution in [0.5, 0.6) is 5.75 Å². The van der Waals surface area contributed by atoms with Crippen LogP contribution < -0.4 is 5.69 Å². The molecule has 0 atom stereocenters. The van der Waals surface area contributed by atoms with Crippen molar-refractivity contribution in [2.75, 3.05) is 0 Å². The second-order valence-electron chi connectivity index (χ2n) is 4.25.